The fourth-order valence-corrected chi connectivity index (χ4v) is 2.35. The number of rotatable bonds is 4. The van der Waals surface area contributed by atoms with E-state index in [0.29, 0.717) is 15.7 Å². The highest BCUT2D eigenvalue weighted by Gasteiger charge is 2.15. The van der Waals surface area contributed by atoms with Crippen molar-refractivity contribution in [3.05, 3.63) is 56.5 Å². The van der Waals surface area contributed by atoms with Crippen LogP contribution in [0.1, 0.15) is 18.5 Å². The van der Waals surface area contributed by atoms with E-state index in [9.17, 15) is 20.3 Å². The predicted molar refractivity (Wildman–Crippen MR) is 82.6 cm³/mol. The highest BCUT2D eigenvalue weighted by atomic mass is 79.9. The molecule has 0 heterocycles. The van der Waals surface area contributed by atoms with E-state index in [4.69, 9.17) is 0 Å². The summed E-state index contributed by atoms with van der Waals surface area (Å²) in [6.07, 6.45) is 0. The van der Waals surface area contributed by atoms with Crippen LogP contribution in [0.5, 0.6) is 11.5 Å². The second kappa shape index (κ2) is 6.01. The Labute approximate surface area is 129 Å². The Bertz CT molecular complexity index is 691. The van der Waals surface area contributed by atoms with Crippen molar-refractivity contribution in [1.29, 1.82) is 0 Å². The van der Waals surface area contributed by atoms with Crippen molar-refractivity contribution in [3.63, 3.8) is 0 Å². The molecule has 2 aromatic rings. The summed E-state index contributed by atoms with van der Waals surface area (Å²) < 4.78 is 0.394. The number of aromatic hydroxyl groups is 2. The third-order valence-corrected chi connectivity index (χ3v) is 3.67. The third-order valence-electron chi connectivity index (χ3n) is 3.00. The molecule has 3 N–H and O–H groups in total. The zero-order chi connectivity index (χ0) is 15.6. The minimum atomic E-state index is -0.480. The van der Waals surface area contributed by atoms with Crippen LogP contribution in [0, 0.1) is 10.1 Å². The maximum atomic E-state index is 10.9. The third kappa shape index (κ3) is 3.43. The second-order valence-electron chi connectivity index (χ2n) is 4.53. The molecule has 0 fully saturated rings. The SMILES string of the molecule is CC(Nc1ccc(Br)c([N+](=O)[O-])c1)c1cc(O)ccc1O. The number of nitrogens with one attached hydrogen (secondary N) is 1. The van der Waals surface area contributed by atoms with Gasteiger partial charge in [-0.2, -0.15) is 0 Å². The molecule has 0 bridgehead atoms. The number of phenols is 2. The van der Waals surface area contributed by atoms with Gasteiger partial charge in [0.05, 0.1) is 15.4 Å². The molecular formula is C14H13BrN2O4. The Hall–Kier alpha value is -2.28. The van der Waals surface area contributed by atoms with Crippen molar-refractivity contribution in [2.45, 2.75) is 13.0 Å². The van der Waals surface area contributed by atoms with Gasteiger partial charge < -0.3 is 15.5 Å². The first-order valence-corrected chi connectivity index (χ1v) is 6.90. The van der Waals surface area contributed by atoms with Gasteiger partial charge in [0.15, 0.2) is 0 Å². The number of hydrogen-bond acceptors (Lipinski definition) is 5. The molecule has 0 aromatic heterocycles. The normalized spacial score (nSPS) is 11.9. The molecule has 0 saturated heterocycles. The van der Waals surface area contributed by atoms with Gasteiger partial charge in [0.25, 0.3) is 5.69 Å². The fraction of sp³-hybridized carbons (Fsp3) is 0.143. The van der Waals surface area contributed by atoms with Crippen LogP contribution in [-0.4, -0.2) is 15.1 Å². The molecule has 110 valence electrons. The summed E-state index contributed by atoms with van der Waals surface area (Å²) in [6, 6.07) is 8.56. The molecule has 0 aliphatic rings. The largest absolute Gasteiger partial charge is 0.508 e. The van der Waals surface area contributed by atoms with E-state index in [1.165, 1.54) is 24.3 Å². The van der Waals surface area contributed by atoms with Gasteiger partial charge in [0.1, 0.15) is 11.5 Å². The standard InChI is InChI=1S/C14H13BrN2O4/c1-8(11-7-10(18)3-5-14(11)19)16-9-2-4-12(15)13(6-9)17(20)21/h2-8,16,18-19H,1H3. The Morgan fingerprint density at radius 3 is 2.62 bits per heavy atom. The number of benzene rings is 2. The molecule has 0 amide bonds. The lowest BCUT2D eigenvalue weighted by Gasteiger charge is -2.17. The number of phenolic OH excluding ortho intramolecular Hbond substituents is 2. The minimum absolute atomic E-state index is 0.0400. The molecule has 2 aromatic carbocycles. The van der Waals surface area contributed by atoms with Crippen LogP contribution in [0.25, 0.3) is 0 Å². The number of halogens is 1. The van der Waals surface area contributed by atoms with Crippen LogP contribution in [-0.2, 0) is 0 Å². The van der Waals surface area contributed by atoms with Crippen molar-refractivity contribution in [2.75, 3.05) is 5.32 Å². The summed E-state index contributed by atoms with van der Waals surface area (Å²) in [5, 5.41) is 33.2. The van der Waals surface area contributed by atoms with E-state index < -0.39 is 4.92 Å². The second-order valence-corrected chi connectivity index (χ2v) is 5.39. The molecule has 0 saturated carbocycles. The molecule has 0 aliphatic heterocycles. The van der Waals surface area contributed by atoms with Crippen LogP contribution in [0.4, 0.5) is 11.4 Å². The van der Waals surface area contributed by atoms with Crippen molar-refractivity contribution in [2.24, 2.45) is 0 Å². The van der Waals surface area contributed by atoms with E-state index in [-0.39, 0.29) is 23.2 Å². The molecule has 1 unspecified atom stereocenters. The van der Waals surface area contributed by atoms with Crippen molar-refractivity contribution < 1.29 is 15.1 Å². The molecule has 2 rings (SSSR count). The number of hydrogen-bond donors (Lipinski definition) is 3. The molecule has 7 heteroatoms. The minimum Gasteiger partial charge on any atom is -0.508 e. The maximum Gasteiger partial charge on any atom is 0.285 e. The topological polar surface area (TPSA) is 95.6 Å². The smallest absolute Gasteiger partial charge is 0.285 e. The molecular weight excluding hydrogens is 340 g/mol. The van der Waals surface area contributed by atoms with Crippen LogP contribution >= 0.6 is 15.9 Å². The van der Waals surface area contributed by atoms with Gasteiger partial charge in [0, 0.05) is 17.3 Å². The van der Waals surface area contributed by atoms with Gasteiger partial charge in [-0.05, 0) is 53.2 Å². The summed E-state index contributed by atoms with van der Waals surface area (Å²) >= 11 is 3.12. The van der Waals surface area contributed by atoms with E-state index >= 15 is 0 Å². The van der Waals surface area contributed by atoms with Crippen LogP contribution < -0.4 is 5.32 Å². The number of anilines is 1. The lowest BCUT2D eigenvalue weighted by molar-refractivity contribution is -0.385. The number of nitro benzene ring substituents is 1. The van der Waals surface area contributed by atoms with Crippen molar-refractivity contribution >= 4 is 27.3 Å². The fourth-order valence-electron chi connectivity index (χ4n) is 1.96. The monoisotopic (exact) mass is 352 g/mol. The van der Waals surface area contributed by atoms with Gasteiger partial charge in [-0.15, -0.1) is 0 Å². The Morgan fingerprint density at radius 2 is 1.95 bits per heavy atom. The first-order chi connectivity index (χ1) is 9.88. The highest BCUT2D eigenvalue weighted by molar-refractivity contribution is 9.10. The Morgan fingerprint density at radius 1 is 1.24 bits per heavy atom. The van der Waals surface area contributed by atoms with Crippen molar-refractivity contribution in [3.8, 4) is 11.5 Å². The molecule has 0 spiro atoms. The molecule has 0 radical (unpaired) electrons. The average molecular weight is 353 g/mol. The van der Waals surface area contributed by atoms with E-state index in [0.717, 1.165) is 0 Å². The van der Waals surface area contributed by atoms with Gasteiger partial charge in [-0.3, -0.25) is 10.1 Å². The quantitative estimate of drug-likeness (QED) is 0.440. The molecule has 6 nitrogen and oxygen atoms in total. The van der Waals surface area contributed by atoms with Crippen molar-refractivity contribution in [1.82, 2.24) is 0 Å². The van der Waals surface area contributed by atoms with Crippen LogP contribution in [0.2, 0.25) is 0 Å². The first kappa shape index (κ1) is 15.1. The van der Waals surface area contributed by atoms with Gasteiger partial charge in [-0.25, -0.2) is 0 Å². The lowest BCUT2D eigenvalue weighted by Crippen LogP contribution is -2.07. The van der Waals surface area contributed by atoms with E-state index in [2.05, 4.69) is 21.2 Å². The molecule has 21 heavy (non-hydrogen) atoms. The summed E-state index contributed by atoms with van der Waals surface area (Å²) in [4.78, 5) is 10.4. The molecule has 1 atom stereocenters. The van der Waals surface area contributed by atoms with Crippen LogP contribution in [0.15, 0.2) is 40.9 Å². The highest BCUT2D eigenvalue weighted by Crippen LogP contribution is 2.32. The van der Waals surface area contributed by atoms with Gasteiger partial charge in [-0.1, -0.05) is 0 Å². The summed E-state index contributed by atoms with van der Waals surface area (Å²) in [7, 11) is 0. The molecule has 0 aliphatic carbocycles. The lowest BCUT2D eigenvalue weighted by atomic mass is 10.1. The van der Waals surface area contributed by atoms with E-state index in [1.54, 1.807) is 19.1 Å². The summed E-state index contributed by atoms with van der Waals surface area (Å²) in [6.45, 7) is 1.78. The average Bonchev–Trinajstić information content (AvgIpc) is 2.43. The van der Waals surface area contributed by atoms with Gasteiger partial charge >= 0.3 is 0 Å². The Kier molecular flexibility index (Phi) is 4.32. The first-order valence-electron chi connectivity index (χ1n) is 6.11. The van der Waals surface area contributed by atoms with Crippen LogP contribution in [0.3, 0.4) is 0 Å². The zero-order valence-electron chi connectivity index (χ0n) is 11.1. The summed E-state index contributed by atoms with van der Waals surface area (Å²) in [5.41, 5.74) is 0.994. The maximum absolute atomic E-state index is 10.9. The number of nitro groups is 1. The van der Waals surface area contributed by atoms with E-state index in [1.807, 2.05) is 0 Å². The number of nitrogens with zero attached hydrogens (tertiary/aromatic N) is 1. The zero-order valence-corrected chi connectivity index (χ0v) is 12.7. The predicted octanol–water partition coefficient (Wildman–Crippen LogP) is 3.94. The summed E-state index contributed by atoms with van der Waals surface area (Å²) in [5.74, 6) is 0.0812. The van der Waals surface area contributed by atoms with Gasteiger partial charge in [0.2, 0.25) is 0 Å². The Balaban J connectivity index is 2.27.